The van der Waals surface area contributed by atoms with Crippen molar-refractivity contribution in [3.63, 3.8) is 0 Å². The van der Waals surface area contributed by atoms with E-state index >= 15 is 0 Å². The van der Waals surface area contributed by atoms with Gasteiger partial charge in [0.2, 0.25) is 0 Å². The lowest BCUT2D eigenvalue weighted by Crippen LogP contribution is -2.41. The molecule has 1 atom stereocenters. The Bertz CT molecular complexity index is 1120. The number of hydrogen-bond donors (Lipinski definition) is 0. The number of aryl methyl sites for hydroxylation is 1. The van der Waals surface area contributed by atoms with Crippen LogP contribution in [0.4, 0.5) is 0 Å². The van der Waals surface area contributed by atoms with Crippen LogP contribution in [-0.2, 0) is 9.84 Å². The average Bonchev–Trinajstić information content (AvgIpc) is 3.39. The van der Waals surface area contributed by atoms with Gasteiger partial charge < -0.3 is 13.8 Å². The number of rotatable bonds is 5. The Balaban J connectivity index is 1.81. The summed E-state index contributed by atoms with van der Waals surface area (Å²) in [6.45, 7) is 4.19. The maximum absolute atomic E-state index is 13.5. The lowest BCUT2D eigenvalue weighted by molar-refractivity contribution is 0.0699. The first-order chi connectivity index (χ1) is 13.4. The summed E-state index contributed by atoms with van der Waals surface area (Å²) < 4.78 is 34.6. The van der Waals surface area contributed by atoms with Crippen molar-refractivity contribution in [3.8, 4) is 11.5 Å². The predicted octanol–water partition coefficient (Wildman–Crippen LogP) is 2.83. The maximum Gasteiger partial charge on any atom is 0.259 e. The average molecular weight is 403 g/mol. The fraction of sp³-hybridized carbons (Fsp3) is 0.421. The van der Waals surface area contributed by atoms with E-state index in [1.54, 1.807) is 30.0 Å². The number of carbonyl (C=O) groups is 1. The SMILES string of the molecule is CCCN(C(=O)c1cc(-c2ccco2)nc2onc(C)c12)C1CCS(=O)(=O)C1. The van der Waals surface area contributed by atoms with Gasteiger partial charge in [0.05, 0.1) is 34.4 Å². The number of nitrogens with zero attached hydrogens (tertiary/aromatic N) is 3. The first-order valence-electron chi connectivity index (χ1n) is 9.22. The standard InChI is InChI=1S/C19H21N3O5S/c1-3-7-22(13-6-9-28(24,25)11-13)19(23)14-10-15(16-5-4-8-26-16)20-18-17(14)12(2)21-27-18/h4-5,8,10,13H,3,6-7,9,11H2,1-2H3. The molecule has 1 aliphatic rings. The quantitative estimate of drug-likeness (QED) is 0.645. The number of aromatic nitrogens is 2. The van der Waals surface area contributed by atoms with Crippen LogP contribution in [0, 0.1) is 6.92 Å². The van der Waals surface area contributed by atoms with Crippen LogP contribution in [0.2, 0.25) is 0 Å². The van der Waals surface area contributed by atoms with Crippen LogP contribution >= 0.6 is 0 Å². The molecular formula is C19H21N3O5S. The van der Waals surface area contributed by atoms with Crippen molar-refractivity contribution in [2.45, 2.75) is 32.7 Å². The molecule has 8 nitrogen and oxygen atoms in total. The van der Waals surface area contributed by atoms with Gasteiger partial charge >= 0.3 is 0 Å². The monoisotopic (exact) mass is 403 g/mol. The number of hydrogen-bond acceptors (Lipinski definition) is 7. The molecule has 1 fully saturated rings. The molecule has 1 amide bonds. The topological polar surface area (TPSA) is 107 Å². The third kappa shape index (κ3) is 3.30. The van der Waals surface area contributed by atoms with Gasteiger partial charge in [-0.3, -0.25) is 4.79 Å². The van der Waals surface area contributed by atoms with Gasteiger partial charge in [-0.1, -0.05) is 12.1 Å². The number of carbonyl (C=O) groups excluding carboxylic acids is 1. The van der Waals surface area contributed by atoms with E-state index in [-0.39, 0.29) is 29.2 Å². The number of amides is 1. The van der Waals surface area contributed by atoms with Crippen molar-refractivity contribution in [2.24, 2.45) is 0 Å². The fourth-order valence-corrected chi connectivity index (χ4v) is 5.41. The number of furan rings is 1. The summed E-state index contributed by atoms with van der Waals surface area (Å²) in [6.07, 6.45) is 2.71. The molecule has 0 radical (unpaired) electrons. The summed E-state index contributed by atoms with van der Waals surface area (Å²) in [5.41, 5.74) is 1.68. The van der Waals surface area contributed by atoms with Gasteiger partial charge in [-0.25, -0.2) is 13.4 Å². The number of fused-ring (bicyclic) bond motifs is 1. The molecule has 0 N–H and O–H groups in total. The van der Waals surface area contributed by atoms with Crippen molar-refractivity contribution >= 4 is 26.8 Å². The van der Waals surface area contributed by atoms with Gasteiger partial charge in [-0.05, 0) is 38.0 Å². The molecule has 0 bridgehead atoms. The summed E-state index contributed by atoms with van der Waals surface area (Å²) in [7, 11) is -3.11. The molecule has 3 aromatic heterocycles. The molecule has 4 rings (SSSR count). The molecule has 0 saturated carbocycles. The molecule has 148 valence electrons. The normalized spacial score (nSPS) is 18.6. The zero-order chi connectivity index (χ0) is 19.9. The van der Waals surface area contributed by atoms with Gasteiger partial charge in [0, 0.05) is 12.6 Å². The van der Waals surface area contributed by atoms with E-state index in [4.69, 9.17) is 8.94 Å². The second-order valence-corrected chi connectivity index (χ2v) is 9.26. The van der Waals surface area contributed by atoms with E-state index in [0.717, 1.165) is 6.42 Å². The summed E-state index contributed by atoms with van der Waals surface area (Å²) >= 11 is 0. The zero-order valence-corrected chi connectivity index (χ0v) is 16.5. The van der Waals surface area contributed by atoms with Crippen LogP contribution < -0.4 is 0 Å². The van der Waals surface area contributed by atoms with E-state index < -0.39 is 9.84 Å². The van der Waals surface area contributed by atoms with Crippen LogP contribution in [0.15, 0.2) is 33.4 Å². The lowest BCUT2D eigenvalue weighted by Gasteiger charge is -2.28. The van der Waals surface area contributed by atoms with Crippen LogP contribution in [0.5, 0.6) is 0 Å². The van der Waals surface area contributed by atoms with Crippen molar-refractivity contribution in [1.29, 1.82) is 0 Å². The number of pyridine rings is 1. The van der Waals surface area contributed by atoms with Gasteiger partial charge in [0.25, 0.3) is 11.6 Å². The van der Waals surface area contributed by atoms with Gasteiger partial charge in [0.15, 0.2) is 15.6 Å². The van der Waals surface area contributed by atoms with E-state index in [9.17, 15) is 13.2 Å². The van der Waals surface area contributed by atoms with Crippen molar-refractivity contribution in [3.05, 3.63) is 35.7 Å². The third-order valence-corrected chi connectivity index (χ3v) is 6.75. The maximum atomic E-state index is 13.5. The highest BCUT2D eigenvalue weighted by Gasteiger charge is 2.35. The number of sulfone groups is 1. The fourth-order valence-electron chi connectivity index (χ4n) is 3.68. The van der Waals surface area contributed by atoms with E-state index in [2.05, 4.69) is 10.1 Å². The third-order valence-electron chi connectivity index (χ3n) is 5.00. The minimum Gasteiger partial charge on any atom is -0.463 e. The molecule has 1 unspecified atom stereocenters. The Hall–Kier alpha value is -2.68. The zero-order valence-electron chi connectivity index (χ0n) is 15.7. The van der Waals surface area contributed by atoms with E-state index in [1.165, 1.54) is 6.26 Å². The first-order valence-corrected chi connectivity index (χ1v) is 11.0. The van der Waals surface area contributed by atoms with Crippen LogP contribution in [0.3, 0.4) is 0 Å². The van der Waals surface area contributed by atoms with Crippen molar-refractivity contribution in [2.75, 3.05) is 18.1 Å². The molecule has 1 aliphatic heterocycles. The highest BCUT2D eigenvalue weighted by Crippen LogP contribution is 2.29. The summed E-state index contributed by atoms with van der Waals surface area (Å²) in [6, 6.07) is 4.83. The van der Waals surface area contributed by atoms with Crippen molar-refractivity contribution < 1.29 is 22.2 Å². The molecule has 9 heteroatoms. The Labute approximate surface area is 162 Å². The van der Waals surface area contributed by atoms with Gasteiger partial charge in [-0.15, -0.1) is 0 Å². The second kappa shape index (κ2) is 7.05. The summed E-state index contributed by atoms with van der Waals surface area (Å²) in [5, 5.41) is 4.50. The predicted molar refractivity (Wildman–Crippen MR) is 103 cm³/mol. The van der Waals surface area contributed by atoms with E-state index in [1.807, 2.05) is 6.92 Å². The minimum absolute atomic E-state index is 0.000622. The molecule has 28 heavy (non-hydrogen) atoms. The van der Waals surface area contributed by atoms with Crippen LogP contribution in [-0.4, -0.2) is 53.5 Å². The smallest absolute Gasteiger partial charge is 0.259 e. The molecular weight excluding hydrogens is 382 g/mol. The van der Waals surface area contributed by atoms with Crippen molar-refractivity contribution in [1.82, 2.24) is 15.0 Å². The first kappa shape index (κ1) is 18.7. The lowest BCUT2D eigenvalue weighted by atomic mass is 10.1. The molecule has 0 spiro atoms. The molecule has 3 aromatic rings. The molecule has 0 aliphatic carbocycles. The molecule has 4 heterocycles. The van der Waals surface area contributed by atoms with Gasteiger partial charge in [-0.2, -0.15) is 0 Å². The van der Waals surface area contributed by atoms with Gasteiger partial charge in [0.1, 0.15) is 5.69 Å². The molecule has 0 aromatic carbocycles. The Kier molecular flexibility index (Phi) is 4.70. The summed E-state index contributed by atoms with van der Waals surface area (Å²) in [5.74, 6) is 0.382. The molecule has 1 saturated heterocycles. The minimum atomic E-state index is -3.11. The Morgan fingerprint density at radius 1 is 1.39 bits per heavy atom. The Morgan fingerprint density at radius 2 is 2.21 bits per heavy atom. The largest absolute Gasteiger partial charge is 0.463 e. The van der Waals surface area contributed by atoms with E-state index in [0.29, 0.717) is 41.1 Å². The van der Waals surface area contributed by atoms with Crippen LogP contribution in [0.1, 0.15) is 35.8 Å². The summed E-state index contributed by atoms with van der Waals surface area (Å²) in [4.78, 5) is 19.6. The second-order valence-electron chi connectivity index (χ2n) is 7.04. The van der Waals surface area contributed by atoms with Crippen LogP contribution in [0.25, 0.3) is 22.6 Å². The Morgan fingerprint density at radius 3 is 2.86 bits per heavy atom. The highest BCUT2D eigenvalue weighted by atomic mass is 32.2. The highest BCUT2D eigenvalue weighted by molar-refractivity contribution is 7.91.